The molecule has 2 unspecified atom stereocenters. The Morgan fingerprint density at radius 2 is 0.833 bits per heavy atom. The van der Waals surface area contributed by atoms with Crippen molar-refractivity contribution in [2.45, 2.75) is 129 Å². The van der Waals surface area contributed by atoms with Crippen LogP contribution in [0.25, 0.3) is 0 Å². The Kier molecular flexibility index (Phi) is 24.2. The molecule has 0 radical (unpaired) electrons. The zero-order valence-corrected chi connectivity index (χ0v) is 28.4. The number of hydrogen-bond donors (Lipinski definition) is 0. The highest BCUT2D eigenvalue weighted by molar-refractivity contribution is 7.90. The van der Waals surface area contributed by atoms with Crippen LogP contribution in [0, 0.1) is 57.2 Å². The van der Waals surface area contributed by atoms with Crippen molar-refractivity contribution < 1.29 is 16.8 Å². The summed E-state index contributed by atoms with van der Waals surface area (Å²) < 4.78 is 52.3. The molecule has 0 spiro atoms. The molecule has 2 atom stereocenters. The third-order valence-corrected chi connectivity index (χ3v) is 11.0. The first kappa shape index (κ1) is 41.9. The van der Waals surface area contributed by atoms with Crippen molar-refractivity contribution in [1.29, 1.82) is 21.0 Å². The third-order valence-electron chi connectivity index (χ3n) is 7.32. The topological polar surface area (TPSA) is 170 Å². The quantitative estimate of drug-likeness (QED) is 0.139. The smallest absolute Gasteiger partial charge is 0.210 e. The van der Waals surface area contributed by atoms with Crippen LogP contribution in [-0.4, -0.2) is 62.1 Å². The molecule has 12 heteroatoms. The van der Waals surface area contributed by atoms with Gasteiger partial charge in [0.1, 0.15) is 0 Å². The first-order valence-electron chi connectivity index (χ1n) is 15.5. The van der Waals surface area contributed by atoms with Crippen LogP contribution in [0.15, 0.2) is 0 Å². The van der Waals surface area contributed by atoms with Crippen molar-refractivity contribution in [3.05, 3.63) is 0 Å². The van der Waals surface area contributed by atoms with Crippen LogP contribution < -0.4 is 0 Å². The standard InChI is InChI=1S/C19H35N3O2S.C11H19N3O2S/c1-5-9-11-17(7-3)15-22(16-18(8-4)12-10-6-2)25(23,24)19(13-20)14-21;1-3-5-7-14(8-6-4-2)17(15,16)11(9-12)10-13/h17-19H,5-12,15-16H2,1-4H3;11H,3-8H2,1-2H3. The van der Waals surface area contributed by atoms with Crippen molar-refractivity contribution in [2.24, 2.45) is 11.8 Å². The fraction of sp³-hybridized carbons (Fsp3) is 0.867. The van der Waals surface area contributed by atoms with Crippen molar-refractivity contribution in [3.63, 3.8) is 0 Å². The second kappa shape index (κ2) is 24.2. The Labute approximate surface area is 257 Å². The fourth-order valence-corrected chi connectivity index (χ4v) is 7.08. The number of nitrogens with zero attached hydrogens (tertiary/aromatic N) is 6. The molecule has 0 heterocycles. The molecular formula is C30H54N6O4S2. The molecule has 0 fully saturated rings. The lowest BCUT2D eigenvalue weighted by molar-refractivity contribution is 0.270. The molecule has 0 aliphatic rings. The molecule has 0 saturated carbocycles. The lowest BCUT2D eigenvalue weighted by atomic mass is 9.97. The predicted molar refractivity (Wildman–Crippen MR) is 167 cm³/mol. The van der Waals surface area contributed by atoms with Crippen LogP contribution >= 0.6 is 0 Å². The van der Waals surface area contributed by atoms with Gasteiger partial charge >= 0.3 is 0 Å². The van der Waals surface area contributed by atoms with E-state index in [9.17, 15) is 16.8 Å². The van der Waals surface area contributed by atoms with Crippen LogP contribution in [0.3, 0.4) is 0 Å². The fourth-order valence-electron chi connectivity index (χ4n) is 4.35. The minimum absolute atomic E-state index is 0.274. The average molecular weight is 627 g/mol. The molecule has 0 aromatic heterocycles. The largest absolute Gasteiger partial charge is 0.247 e. The van der Waals surface area contributed by atoms with E-state index in [0.717, 1.165) is 77.0 Å². The van der Waals surface area contributed by atoms with E-state index in [1.54, 1.807) is 12.1 Å². The molecule has 0 N–H and O–H groups in total. The SMILES string of the molecule is CCCCC(CC)CN(CC(CC)CCCC)S(=O)(=O)C(C#N)C#N.CCCCN(CCCC)S(=O)(=O)C(C#N)C#N. The highest BCUT2D eigenvalue weighted by atomic mass is 32.2. The summed E-state index contributed by atoms with van der Waals surface area (Å²) >= 11 is 0. The summed E-state index contributed by atoms with van der Waals surface area (Å²) in [5.74, 6) is 0.549. The first-order valence-corrected chi connectivity index (χ1v) is 18.5. The van der Waals surface area contributed by atoms with E-state index >= 15 is 0 Å². The van der Waals surface area contributed by atoms with E-state index in [0.29, 0.717) is 26.2 Å². The molecule has 10 nitrogen and oxygen atoms in total. The van der Waals surface area contributed by atoms with Gasteiger partial charge in [-0.05, 0) is 37.5 Å². The van der Waals surface area contributed by atoms with Crippen molar-refractivity contribution in [3.8, 4) is 24.3 Å². The zero-order chi connectivity index (χ0) is 32.6. The summed E-state index contributed by atoms with van der Waals surface area (Å²) in [5.41, 5.74) is 0. The normalized spacial score (nSPS) is 13.1. The number of unbranched alkanes of at least 4 members (excludes halogenated alkanes) is 4. The van der Waals surface area contributed by atoms with Gasteiger partial charge in [0.05, 0.1) is 24.3 Å². The van der Waals surface area contributed by atoms with Crippen LogP contribution in [0.1, 0.15) is 119 Å². The van der Waals surface area contributed by atoms with Crippen LogP contribution in [0.2, 0.25) is 0 Å². The number of sulfonamides is 2. The maximum absolute atomic E-state index is 12.8. The maximum Gasteiger partial charge on any atom is 0.247 e. The van der Waals surface area contributed by atoms with Crippen molar-refractivity contribution in [2.75, 3.05) is 26.2 Å². The summed E-state index contributed by atoms with van der Waals surface area (Å²) in [4.78, 5) is 0. The van der Waals surface area contributed by atoms with E-state index in [-0.39, 0.29) is 11.8 Å². The Bertz CT molecular complexity index is 1050. The second-order valence-electron chi connectivity index (χ2n) is 10.6. The number of nitriles is 4. The molecule has 0 aliphatic heterocycles. The molecule has 42 heavy (non-hydrogen) atoms. The van der Waals surface area contributed by atoms with Gasteiger partial charge in [-0.1, -0.05) is 92.9 Å². The highest BCUT2D eigenvalue weighted by Crippen LogP contribution is 2.23. The monoisotopic (exact) mass is 626 g/mol. The zero-order valence-electron chi connectivity index (χ0n) is 26.8. The van der Waals surface area contributed by atoms with Gasteiger partial charge in [0.2, 0.25) is 30.5 Å². The Morgan fingerprint density at radius 1 is 0.524 bits per heavy atom. The molecule has 240 valence electrons. The highest BCUT2D eigenvalue weighted by Gasteiger charge is 2.35. The molecule has 0 saturated heterocycles. The van der Waals surface area contributed by atoms with Gasteiger partial charge < -0.3 is 0 Å². The first-order chi connectivity index (χ1) is 19.9. The van der Waals surface area contributed by atoms with Crippen molar-refractivity contribution >= 4 is 20.0 Å². The maximum atomic E-state index is 12.8. The summed E-state index contributed by atoms with van der Waals surface area (Å²) in [6.45, 7) is 13.9. The van der Waals surface area contributed by atoms with Crippen LogP contribution in [0.4, 0.5) is 0 Å². The van der Waals surface area contributed by atoms with E-state index in [4.69, 9.17) is 21.0 Å². The Morgan fingerprint density at radius 3 is 1.10 bits per heavy atom. The molecule has 0 bridgehead atoms. The third kappa shape index (κ3) is 15.3. The molecular weight excluding hydrogens is 573 g/mol. The van der Waals surface area contributed by atoms with Crippen LogP contribution in [-0.2, 0) is 20.0 Å². The van der Waals surface area contributed by atoms with Gasteiger partial charge in [-0.2, -0.15) is 29.7 Å². The van der Waals surface area contributed by atoms with E-state index < -0.39 is 30.5 Å². The van der Waals surface area contributed by atoms with Gasteiger partial charge in [0, 0.05) is 26.2 Å². The predicted octanol–water partition coefficient (Wildman–Crippen LogP) is 6.10. The summed E-state index contributed by atoms with van der Waals surface area (Å²) in [6.07, 6.45) is 11.3. The number of rotatable bonds is 22. The molecule has 0 amide bonds. The van der Waals surface area contributed by atoms with Gasteiger partial charge in [0.15, 0.2) is 0 Å². The van der Waals surface area contributed by atoms with Crippen LogP contribution in [0.5, 0.6) is 0 Å². The minimum Gasteiger partial charge on any atom is -0.210 e. The molecule has 0 aromatic rings. The minimum atomic E-state index is -3.91. The lowest BCUT2D eigenvalue weighted by Gasteiger charge is -2.30. The Balaban J connectivity index is 0. The van der Waals surface area contributed by atoms with Gasteiger partial charge in [0.25, 0.3) is 0 Å². The lowest BCUT2D eigenvalue weighted by Crippen LogP contribution is -2.43. The molecule has 0 aliphatic carbocycles. The van der Waals surface area contributed by atoms with Crippen molar-refractivity contribution in [1.82, 2.24) is 8.61 Å². The summed E-state index contributed by atoms with van der Waals surface area (Å²) in [5, 5.41) is 32.4. The van der Waals surface area contributed by atoms with E-state index in [1.165, 1.54) is 20.7 Å². The number of hydrogen-bond acceptors (Lipinski definition) is 8. The van der Waals surface area contributed by atoms with E-state index in [2.05, 4.69) is 27.7 Å². The second-order valence-corrected chi connectivity index (χ2v) is 14.7. The molecule has 0 rings (SSSR count). The summed E-state index contributed by atoms with van der Waals surface area (Å²) in [7, 11) is -7.71. The Hall–Kier alpha value is -2.22. The van der Waals surface area contributed by atoms with E-state index in [1.807, 2.05) is 13.8 Å². The average Bonchev–Trinajstić information content (AvgIpc) is 2.97. The van der Waals surface area contributed by atoms with Gasteiger partial charge in [-0.15, -0.1) is 0 Å². The van der Waals surface area contributed by atoms with Gasteiger partial charge in [-0.3, -0.25) is 0 Å². The molecule has 0 aromatic carbocycles. The summed E-state index contributed by atoms with van der Waals surface area (Å²) in [6, 6.07) is 6.37. The van der Waals surface area contributed by atoms with Gasteiger partial charge in [-0.25, -0.2) is 16.8 Å².